The maximum Gasteiger partial charge on any atom is 0.336 e. The molecule has 0 saturated heterocycles. The van der Waals surface area contributed by atoms with E-state index in [1.165, 1.54) is 6.07 Å². The molecule has 150 valence electrons. The molecule has 28 heavy (non-hydrogen) atoms. The van der Waals surface area contributed by atoms with Gasteiger partial charge in [-0.2, -0.15) is 0 Å². The largest absolute Gasteiger partial charge is 0.485 e. The second kappa shape index (κ2) is 7.94. The predicted molar refractivity (Wildman–Crippen MR) is 110 cm³/mol. The van der Waals surface area contributed by atoms with Crippen molar-refractivity contribution in [1.82, 2.24) is 0 Å². The lowest BCUT2D eigenvalue weighted by molar-refractivity contribution is -0.189. The quantitative estimate of drug-likeness (QED) is 0.455. The highest BCUT2D eigenvalue weighted by molar-refractivity contribution is 5.79. The molecule has 3 rings (SSSR count). The Morgan fingerprint density at radius 2 is 2.18 bits per heavy atom. The van der Waals surface area contributed by atoms with Crippen molar-refractivity contribution in [3.05, 3.63) is 64.6 Å². The minimum atomic E-state index is -0.905. The van der Waals surface area contributed by atoms with Crippen LogP contribution in [0.3, 0.4) is 0 Å². The second-order valence-electron chi connectivity index (χ2n) is 7.87. The molecule has 5 nitrogen and oxygen atoms in total. The van der Waals surface area contributed by atoms with E-state index in [2.05, 4.69) is 6.58 Å². The van der Waals surface area contributed by atoms with Crippen LogP contribution in [0.4, 0.5) is 0 Å². The Hall–Kier alpha value is -2.37. The molecule has 0 spiro atoms. The molecule has 5 heteroatoms. The third kappa shape index (κ3) is 4.21. The van der Waals surface area contributed by atoms with Gasteiger partial charge in [-0.3, -0.25) is 0 Å². The van der Waals surface area contributed by atoms with Crippen LogP contribution in [0, 0.1) is 5.92 Å². The molecule has 0 radical (unpaired) electrons. The molecule has 1 aromatic carbocycles. The van der Waals surface area contributed by atoms with E-state index in [1.807, 2.05) is 45.9 Å². The molecule has 0 amide bonds. The van der Waals surface area contributed by atoms with Gasteiger partial charge in [-0.1, -0.05) is 25.7 Å². The van der Waals surface area contributed by atoms with Crippen molar-refractivity contribution >= 4 is 11.0 Å². The maximum absolute atomic E-state index is 11.5. The molecule has 0 fully saturated rings. The van der Waals surface area contributed by atoms with Crippen LogP contribution in [0.5, 0.6) is 5.75 Å². The van der Waals surface area contributed by atoms with Gasteiger partial charge in [-0.05, 0) is 50.0 Å². The average Bonchev–Trinajstić information content (AvgIpc) is 2.61. The number of aliphatic hydroxyl groups is 1. The first-order chi connectivity index (χ1) is 13.2. The standard InChI is InChI=1S/C23H28O5/c1-6-15(7-2)14(3)10-22(25)27-20-12-17-11-16-8-9-21(24)26-18(16)13-19(17)28-23(20,4)5/h6-9,11,13-14,20,22,25H,1,10,12H2,2-5H3/b15-7+/t14?,20-,22?/m0/s1. The van der Waals surface area contributed by atoms with E-state index in [0.29, 0.717) is 24.2 Å². The van der Waals surface area contributed by atoms with Crippen LogP contribution in [0.2, 0.25) is 0 Å². The van der Waals surface area contributed by atoms with E-state index >= 15 is 0 Å². The summed E-state index contributed by atoms with van der Waals surface area (Å²) in [7, 11) is 0. The van der Waals surface area contributed by atoms with Gasteiger partial charge in [0.05, 0.1) is 0 Å². The molecule has 0 saturated carbocycles. The molecule has 1 N–H and O–H groups in total. The van der Waals surface area contributed by atoms with E-state index in [0.717, 1.165) is 16.5 Å². The normalized spacial score (nSPS) is 20.9. The average molecular weight is 384 g/mol. The fourth-order valence-corrected chi connectivity index (χ4v) is 3.69. The Kier molecular flexibility index (Phi) is 5.77. The van der Waals surface area contributed by atoms with Crippen molar-refractivity contribution in [2.24, 2.45) is 5.92 Å². The van der Waals surface area contributed by atoms with Gasteiger partial charge >= 0.3 is 5.63 Å². The Morgan fingerprint density at radius 3 is 2.86 bits per heavy atom. The van der Waals surface area contributed by atoms with Gasteiger partial charge in [0, 0.05) is 30.4 Å². The fourth-order valence-electron chi connectivity index (χ4n) is 3.69. The van der Waals surface area contributed by atoms with E-state index in [4.69, 9.17) is 13.9 Å². The summed E-state index contributed by atoms with van der Waals surface area (Å²) in [6, 6.07) is 6.84. The molecular weight excluding hydrogens is 356 g/mol. The first kappa shape index (κ1) is 20.4. The van der Waals surface area contributed by atoms with Crippen molar-refractivity contribution in [3.8, 4) is 5.75 Å². The highest BCUT2D eigenvalue weighted by Gasteiger charge is 2.39. The Bertz CT molecular complexity index is 953. The molecule has 0 aliphatic carbocycles. The number of allylic oxidation sites excluding steroid dienone is 3. The Morgan fingerprint density at radius 1 is 1.43 bits per heavy atom. The molecule has 2 heterocycles. The molecule has 2 aromatic rings. The van der Waals surface area contributed by atoms with Crippen LogP contribution in [0.25, 0.3) is 11.0 Å². The molecule has 2 unspecified atom stereocenters. The van der Waals surface area contributed by atoms with Gasteiger partial charge in [-0.15, -0.1) is 0 Å². The van der Waals surface area contributed by atoms with Crippen LogP contribution in [0.15, 0.2) is 57.8 Å². The zero-order valence-electron chi connectivity index (χ0n) is 16.9. The summed E-state index contributed by atoms with van der Waals surface area (Å²) in [5, 5.41) is 11.3. The number of ether oxygens (including phenoxy) is 2. The van der Waals surface area contributed by atoms with Gasteiger partial charge in [0.2, 0.25) is 0 Å². The van der Waals surface area contributed by atoms with Crippen molar-refractivity contribution < 1.29 is 19.0 Å². The number of hydrogen-bond donors (Lipinski definition) is 1. The van der Waals surface area contributed by atoms with Crippen LogP contribution in [0.1, 0.15) is 39.7 Å². The Labute approximate surface area is 165 Å². The van der Waals surface area contributed by atoms with Crippen LogP contribution >= 0.6 is 0 Å². The molecule has 1 aliphatic heterocycles. The SMILES string of the molecule is C=C/C(=C\C)C(C)CC(O)O[C@H]1Cc2cc3ccc(=O)oc3cc2OC1(C)C. The lowest BCUT2D eigenvalue weighted by Gasteiger charge is -2.40. The molecule has 1 aromatic heterocycles. The van der Waals surface area contributed by atoms with Crippen molar-refractivity contribution in [2.45, 2.75) is 58.5 Å². The monoisotopic (exact) mass is 384 g/mol. The third-order valence-electron chi connectivity index (χ3n) is 5.37. The van der Waals surface area contributed by atoms with E-state index in [9.17, 15) is 9.90 Å². The Balaban J connectivity index is 1.79. The molecule has 0 bridgehead atoms. The smallest absolute Gasteiger partial charge is 0.336 e. The van der Waals surface area contributed by atoms with E-state index < -0.39 is 11.9 Å². The van der Waals surface area contributed by atoms with Crippen molar-refractivity contribution in [2.75, 3.05) is 0 Å². The van der Waals surface area contributed by atoms with Crippen LogP contribution < -0.4 is 10.4 Å². The van der Waals surface area contributed by atoms with Gasteiger partial charge in [0.25, 0.3) is 0 Å². The number of aliphatic hydroxyl groups excluding tert-OH is 1. The van der Waals surface area contributed by atoms with Gasteiger partial charge in [0.15, 0.2) is 6.29 Å². The highest BCUT2D eigenvalue weighted by atomic mass is 16.6. The summed E-state index contributed by atoms with van der Waals surface area (Å²) in [5.41, 5.74) is 1.52. The highest BCUT2D eigenvalue weighted by Crippen LogP contribution is 2.37. The lowest BCUT2D eigenvalue weighted by Crippen LogP contribution is -2.49. The molecular formula is C23H28O5. The van der Waals surface area contributed by atoms with Gasteiger partial charge in [0.1, 0.15) is 23.0 Å². The predicted octanol–water partition coefficient (Wildman–Crippen LogP) is 4.37. The van der Waals surface area contributed by atoms with Crippen molar-refractivity contribution in [1.29, 1.82) is 0 Å². The lowest BCUT2D eigenvalue weighted by atomic mass is 9.90. The number of fused-ring (bicyclic) bond motifs is 2. The fraction of sp³-hybridized carbons (Fsp3) is 0.435. The number of hydrogen-bond acceptors (Lipinski definition) is 5. The first-order valence-electron chi connectivity index (χ1n) is 9.61. The summed E-state index contributed by atoms with van der Waals surface area (Å²) in [4.78, 5) is 11.5. The zero-order valence-corrected chi connectivity index (χ0v) is 16.9. The van der Waals surface area contributed by atoms with Crippen LogP contribution in [-0.4, -0.2) is 23.1 Å². The second-order valence-corrected chi connectivity index (χ2v) is 7.87. The summed E-state index contributed by atoms with van der Waals surface area (Å²) in [6.07, 6.45) is 3.67. The summed E-state index contributed by atoms with van der Waals surface area (Å²) < 4.78 is 17.4. The van der Waals surface area contributed by atoms with Gasteiger partial charge < -0.3 is 19.0 Å². The topological polar surface area (TPSA) is 68.9 Å². The van der Waals surface area contributed by atoms with Crippen molar-refractivity contribution in [3.63, 3.8) is 0 Å². The minimum Gasteiger partial charge on any atom is -0.485 e. The van der Waals surface area contributed by atoms with E-state index in [1.54, 1.807) is 12.1 Å². The summed E-state index contributed by atoms with van der Waals surface area (Å²) in [6.45, 7) is 11.7. The first-order valence-corrected chi connectivity index (χ1v) is 9.61. The van der Waals surface area contributed by atoms with Gasteiger partial charge in [-0.25, -0.2) is 4.79 Å². The maximum atomic E-state index is 11.5. The van der Waals surface area contributed by atoms with Crippen LogP contribution in [-0.2, 0) is 11.2 Å². The zero-order chi connectivity index (χ0) is 20.5. The minimum absolute atomic E-state index is 0.143. The molecule has 1 aliphatic rings. The molecule has 3 atom stereocenters. The number of benzene rings is 1. The number of rotatable bonds is 6. The third-order valence-corrected chi connectivity index (χ3v) is 5.37. The van der Waals surface area contributed by atoms with E-state index in [-0.39, 0.29) is 17.6 Å². The summed E-state index contributed by atoms with van der Waals surface area (Å²) in [5.74, 6) is 0.821. The summed E-state index contributed by atoms with van der Waals surface area (Å²) >= 11 is 0.